The molecule has 1 fully saturated rings. The summed E-state index contributed by atoms with van der Waals surface area (Å²) in [6, 6.07) is 12.4. The van der Waals surface area contributed by atoms with E-state index >= 15 is 0 Å². The maximum Gasteiger partial charge on any atom is 0.257 e. The number of fused-ring (bicyclic) bond motifs is 1. The van der Waals surface area contributed by atoms with Crippen molar-refractivity contribution in [1.29, 1.82) is 0 Å². The maximum absolute atomic E-state index is 14.0. The third kappa shape index (κ3) is 4.04. The second kappa shape index (κ2) is 8.48. The summed E-state index contributed by atoms with van der Waals surface area (Å²) in [6.45, 7) is 0. The van der Waals surface area contributed by atoms with Gasteiger partial charge in [-0.25, -0.2) is 8.78 Å². The molecule has 1 aliphatic heterocycles. The molecule has 3 aromatic rings. The van der Waals surface area contributed by atoms with Gasteiger partial charge in [-0.1, -0.05) is 17.7 Å². The molecule has 0 aromatic heterocycles. The standard InChI is InChI=1S/C25H20ClF2N3O2/c26-19-9-7-13(27)11-17(19)23-22-16(24(32)31-23)5-2-6-21(22)30-25(33)18-12-14(28)8-10-20(18)29-15-3-1-4-15/h2,5-12,15,23,29H,1,3-4H2,(H,30,33)(H,31,32). The van der Waals surface area contributed by atoms with Gasteiger partial charge < -0.3 is 16.0 Å². The zero-order chi connectivity index (χ0) is 23.1. The van der Waals surface area contributed by atoms with Gasteiger partial charge in [0.25, 0.3) is 11.8 Å². The molecule has 3 N–H and O–H groups in total. The smallest absolute Gasteiger partial charge is 0.257 e. The van der Waals surface area contributed by atoms with Crippen LogP contribution < -0.4 is 16.0 Å². The summed E-state index contributed by atoms with van der Waals surface area (Å²) in [6.07, 6.45) is 3.10. The van der Waals surface area contributed by atoms with Gasteiger partial charge in [0.05, 0.1) is 11.6 Å². The van der Waals surface area contributed by atoms with Crippen LogP contribution in [0.3, 0.4) is 0 Å². The highest BCUT2D eigenvalue weighted by Gasteiger charge is 2.34. The van der Waals surface area contributed by atoms with Crippen molar-refractivity contribution in [2.24, 2.45) is 0 Å². The number of hydrogen-bond donors (Lipinski definition) is 3. The average Bonchev–Trinajstić information content (AvgIpc) is 3.10. The van der Waals surface area contributed by atoms with Crippen LogP contribution in [-0.2, 0) is 0 Å². The van der Waals surface area contributed by atoms with Gasteiger partial charge in [-0.2, -0.15) is 0 Å². The van der Waals surface area contributed by atoms with Gasteiger partial charge in [0.15, 0.2) is 0 Å². The normalized spacial score (nSPS) is 17.2. The zero-order valence-corrected chi connectivity index (χ0v) is 18.2. The van der Waals surface area contributed by atoms with Gasteiger partial charge in [-0.05, 0) is 67.8 Å². The number of halogens is 3. The zero-order valence-electron chi connectivity index (χ0n) is 17.4. The van der Waals surface area contributed by atoms with Crippen molar-refractivity contribution in [3.63, 3.8) is 0 Å². The van der Waals surface area contributed by atoms with E-state index in [4.69, 9.17) is 11.6 Å². The molecule has 1 heterocycles. The minimum absolute atomic E-state index is 0.164. The first-order chi connectivity index (χ1) is 15.9. The molecule has 3 aromatic carbocycles. The van der Waals surface area contributed by atoms with Gasteiger partial charge in [0.2, 0.25) is 0 Å². The van der Waals surface area contributed by atoms with Gasteiger partial charge in [0.1, 0.15) is 11.6 Å². The quantitative estimate of drug-likeness (QED) is 0.453. The number of carbonyl (C=O) groups excluding carboxylic acids is 2. The number of rotatable bonds is 5. The Morgan fingerprint density at radius 1 is 1.00 bits per heavy atom. The van der Waals surface area contributed by atoms with Gasteiger partial charge in [-0.3, -0.25) is 9.59 Å². The summed E-state index contributed by atoms with van der Waals surface area (Å²) in [7, 11) is 0. The Balaban J connectivity index is 1.51. The highest BCUT2D eigenvalue weighted by molar-refractivity contribution is 6.31. The van der Waals surface area contributed by atoms with E-state index in [2.05, 4.69) is 16.0 Å². The molecule has 2 amide bonds. The highest BCUT2D eigenvalue weighted by atomic mass is 35.5. The number of benzene rings is 3. The molecule has 1 unspecified atom stereocenters. The molecule has 1 saturated carbocycles. The van der Waals surface area contributed by atoms with Crippen LogP contribution in [0.25, 0.3) is 0 Å². The minimum atomic E-state index is -0.743. The number of anilines is 2. The van der Waals surface area contributed by atoms with Crippen molar-refractivity contribution in [3.05, 3.63) is 93.5 Å². The molecule has 0 radical (unpaired) electrons. The molecule has 0 bridgehead atoms. The number of nitrogens with one attached hydrogen (secondary N) is 3. The first-order valence-corrected chi connectivity index (χ1v) is 11.0. The van der Waals surface area contributed by atoms with Crippen LogP contribution in [0.1, 0.15) is 57.1 Å². The largest absolute Gasteiger partial charge is 0.382 e. The van der Waals surface area contributed by atoms with Crippen LogP contribution in [0.4, 0.5) is 20.2 Å². The van der Waals surface area contributed by atoms with Gasteiger partial charge >= 0.3 is 0 Å². The number of carbonyl (C=O) groups is 2. The van der Waals surface area contributed by atoms with Crippen LogP contribution in [0, 0.1) is 11.6 Å². The lowest BCUT2D eigenvalue weighted by molar-refractivity contribution is 0.0959. The molecule has 8 heteroatoms. The lowest BCUT2D eigenvalue weighted by atomic mass is 9.92. The Labute approximate surface area is 194 Å². The van der Waals surface area contributed by atoms with Crippen molar-refractivity contribution >= 4 is 34.8 Å². The van der Waals surface area contributed by atoms with Gasteiger partial charge in [-0.15, -0.1) is 0 Å². The van der Waals surface area contributed by atoms with Crippen molar-refractivity contribution in [2.45, 2.75) is 31.3 Å². The topological polar surface area (TPSA) is 70.2 Å². The molecular weight excluding hydrogens is 448 g/mol. The van der Waals surface area contributed by atoms with E-state index in [1.165, 1.54) is 30.3 Å². The van der Waals surface area contributed by atoms with E-state index in [0.29, 0.717) is 28.1 Å². The van der Waals surface area contributed by atoms with Crippen LogP contribution in [-0.4, -0.2) is 17.9 Å². The Bertz CT molecular complexity index is 1280. The lowest BCUT2D eigenvalue weighted by Crippen LogP contribution is -2.28. The molecule has 0 saturated heterocycles. The fraction of sp³-hybridized carbons (Fsp3) is 0.200. The van der Waals surface area contributed by atoms with Crippen molar-refractivity contribution < 1.29 is 18.4 Å². The SMILES string of the molecule is O=C(Nc1cccc2c1C(c1cc(F)ccc1Cl)NC2=O)c1cc(F)ccc1NC1CCC1. The van der Waals surface area contributed by atoms with Crippen molar-refractivity contribution in [3.8, 4) is 0 Å². The van der Waals surface area contributed by atoms with Crippen molar-refractivity contribution in [1.82, 2.24) is 5.32 Å². The number of amides is 2. The summed E-state index contributed by atoms with van der Waals surface area (Å²) in [5.74, 6) is -1.90. The Morgan fingerprint density at radius 3 is 2.52 bits per heavy atom. The van der Waals surface area contributed by atoms with E-state index in [1.54, 1.807) is 24.3 Å². The Morgan fingerprint density at radius 2 is 1.76 bits per heavy atom. The fourth-order valence-corrected chi connectivity index (χ4v) is 4.45. The summed E-state index contributed by atoms with van der Waals surface area (Å²) in [5, 5.41) is 9.20. The maximum atomic E-state index is 14.0. The predicted molar refractivity (Wildman–Crippen MR) is 123 cm³/mol. The second-order valence-corrected chi connectivity index (χ2v) is 8.66. The van der Waals surface area contributed by atoms with E-state index < -0.39 is 23.6 Å². The lowest BCUT2D eigenvalue weighted by Gasteiger charge is -2.28. The number of hydrogen-bond acceptors (Lipinski definition) is 3. The van der Waals surface area contributed by atoms with Crippen LogP contribution in [0.5, 0.6) is 0 Å². The third-order valence-electron chi connectivity index (χ3n) is 6.12. The molecular formula is C25H20ClF2N3O2. The van der Waals surface area contributed by atoms with Gasteiger partial charge in [0, 0.05) is 39.1 Å². The summed E-state index contributed by atoms with van der Waals surface area (Å²) in [4.78, 5) is 25.8. The fourth-order valence-electron chi connectivity index (χ4n) is 4.23. The molecule has 5 nitrogen and oxygen atoms in total. The Kier molecular flexibility index (Phi) is 5.50. The second-order valence-electron chi connectivity index (χ2n) is 8.26. The monoisotopic (exact) mass is 467 g/mol. The summed E-state index contributed by atoms with van der Waals surface area (Å²) < 4.78 is 27.9. The average molecular weight is 468 g/mol. The van der Waals surface area contributed by atoms with E-state index in [0.717, 1.165) is 19.3 Å². The van der Waals surface area contributed by atoms with Crippen molar-refractivity contribution in [2.75, 3.05) is 10.6 Å². The first-order valence-electron chi connectivity index (χ1n) is 10.7. The van der Waals surface area contributed by atoms with Crippen LogP contribution in [0.2, 0.25) is 5.02 Å². The minimum Gasteiger partial charge on any atom is -0.382 e. The molecule has 0 spiro atoms. The van der Waals surface area contributed by atoms with Crippen LogP contribution >= 0.6 is 11.6 Å². The molecule has 1 atom stereocenters. The molecule has 33 heavy (non-hydrogen) atoms. The summed E-state index contributed by atoms with van der Waals surface area (Å²) in [5.41, 5.74) is 2.28. The van der Waals surface area contributed by atoms with Crippen LogP contribution in [0.15, 0.2) is 54.6 Å². The molecule has 1 aliphatic carbocycles. The predicted octanol–water partition coefficient (Wildman–Crippen LogP) is 5.67. The third-order valence-corrected chi connectivity index (χ3v) is 6.47. The van der Waals surface area contributed by atoms with E-state index in [9.17, 15) is 18.4 Å². The first kappa shape index (κ1) is 21.4. The Hall–Kier alpha value is -3.45. The molecule has 2 aliphatic rings. The molecule has 168 valence electrons. The molecule has 5 rings (SSSR count). The summed E-state index contributed by atoms with van der Waals surface area (Å²) >= 11 is 6.30. The van der Waals surface area contributed by atoms with E-state index in [-0.39, 0.29) is 22.5 Å². The van der Waals surface area contributed by atoms with E-state index in [1.807, 2.05) is 0 Å². The highest BCUT2D eigenvalue weighted by Crippen LogP contribution is 2.39.